The molecule has 1 heterocycles. The quantitative estimate of drug-likeness (QED) is 0.522. The lowest BCUT2D eigenvalue weighted by Crippen LogP contribution is -2.27. The first-order chi connectivity index (χ1) is 13.9. The molecule has 0 saturated carbocycles. The van der Waals surface area contributed by atoms with Gasteiger partial charge in [0.25, 0.3) is 0 Å². The summed E-state index contributed by atoms with van der Waals surface area (Å²) >= 11 is 0. The zero-order chi connectivity index (χ0) is 20.9. The Labute approximate surface area is 173 Å². The summed E-state index contributed by atoms with van der Waals surface area (Å²) in [5.74, 6) is 0.0684. The second-order valence-corrected chi connectivity index (χ2v) is 8.61. The van der Waals surface area contributed by atoms with Gasteiger partial charge in [-0.1, -0.05) is 63.2 Å². The Balaban J connectivity index is 1.88. The number of aromatic nitrogens is 1. The van der Waals surface area contributed by atoms with Crippen molar-refractivity contribution in [2.24, 2.45) is 0 Å². The molecule has 1 atom stereocenters. The molecule has 0 aliphatic rings. The highest BCUT2D eigenvalue weighted by atomic mass is 16.5. The van der Waals surface area contributed by atoms with Crippen LogP contribution in [-0.2, 0) is 14.9 Å². The number of rotatable bonds is 8. The minimum atomic E-state index is 0.00240. The topological polar surface area (TPSA) is 54.1 Å². The summed E-state index contributed by atoms with van der Waals surface area (Å²) < 4.78 is 5.06. The fourth-order valence-corrected chi connectivity index (χ4v) is 3.71. The number of methoxy groups -OCH3 is 1. The molecule has 2 aromatic carbocycles. The van der Waals surface area contributed by atoms with Gasteiger partial charge in [0.1, 0.15) is 0 Å². The van der Waals surface area contributed by atoms with E-state index in [1.807, 2.05) is 18.3 Å². The number of hydrogen-bond donors (Lipinski definition) is 2. The van der Waals surface area contributed by atoms with Crippen molar-refractivity contribution in [3.8, 4) is 0 Å². The molecule has 0 unspecified atom stereocenters. The number of amides is 1. The summed E-state index contributed by atoms with van der Waals surface area (Å²) in [5, 5.41) is 4.21. The summed E-state index contributed by atoms with van der Waals surface area (Å²) in [6.45, 7) is 7.93. The molecule has 2 N–H and O–H groups in total. The van der Waals surface area contributed by atoms with Gasteiger partial charge in [0.2, 0.25) is 5.91 Å². The Kier molecular flexibility index (Phi) is 6.75. The van der Waals surface area contributed by atoms with Crippen LogP contribution in [0.2, 0.25) is 0 Å². The molecule has 0 fully saturated rings. The zero-order valence-corrected chi connectivity index (χ0v) is 17.9. The van der Waals surface area contributed by atoms with Gasteiger partial charge in [-0.2, -0.15) is 0 Å². The Hall–Kier alpha value is -2.59. The minimum Gasteiger partial charge on any atom is -0.385 e. The van der Waals surface area contributed by atoms with Gasteiger partial charge in [0.15, 0.2) is 0 Å². The Morgan fingerprint density at radius 1 is 1.10 bits per heavy atom. The van der Waals surface area contributed by atoms with Crippen LogP contribution in [0.4, 0.5) is 0 Å². The van der Waals surface area contributed by atoms with Gasteiger partial charge >= 0.3 is 0 Å². The molecule has 0 aliphatic heterocycles. The van der Waals surface area contributed by atoms with Crippen LogP contribution in [0.5, 0.6) is 0 Å². The van der Waals surface area contributed by atoms with Crippen LogP contribution in [0, 0.1) is 0 Å². The van der Waals surface area contributed by atoms with Crippen LogP contribution in [0.1, 0.15) is 56.2 Å². The highest BCUT2D eigenvalue weighted by Crippen LogP contribution is 2.34. The summed E-state index contributed by atoms with van der Waals surface area (Å²) in [7, 11) is 1.68. The molecule has 0 bridgehead atoms. The van der Waals surface area contributed by atoms with E-state index in [0.717, 1.165) is 23.1 Å². The van der Waals surface area contributed by atoms with Crippen LogP contribution < -0.4 is 5.32 Å². The molecule has 1 amide bonds. The number of carbonyl (C=O) groups is 1. The van der Waals surface area contributed by atoms with E-state index in [1.54, 1.807) is 7.11 Å². The molecular weight excluding hydrogens is 360 g/mol. The number of para-hydroxylation sites is 1. The van der Waals surface area contributed by atoms with E-state index in [1.165, 1.54) is 10.9 Å². The monoisotopic (exact) mass is 392 g/mol. The van der Waals surface area contributed by atoms with Gasteiger partial charge in [0, 0.05) is 49.7 Å². The Morgan fingerprint density at radius 2 is 1.83 bits per heavy atom. The van der Waals surface area contributed by atoms with Crippen molar-refractivity contribution in [2.75, 3.05) is 20.3 Å². The number of H-pyrrole nitrogens is 1. The number of ether oxygens (including phenoxy) is 1. The third kappa shape index (κ3) is 5.27. The van der Waals surface area contributed by atoms with Crippen LogP contribution in [0.3, 0.4) is 0 Å². The van der Waals surface area contributed by atoms with Gasteiger partial charge in [-0.25, -0.2) is 0 Å². The normalized spacial score (nSPS) is 12.8. The maximum absolute atomic E-state index is 12.7. The van der Waals surface area contributed by atoms with Gasteiger partial charge in [-0.15, -0.1) is 0 Å². The molecule has 3 aromatic rings. The standard InChI is InChI=1S/C25H32N2O2/c1-25(2,3)19-12-10-18(11-13-19)21(16-24(28)26-14-7-15-29-4)22-17-27-23-9-6-5-8-20(22)23/h5-6,8-13,17,21,27H,7,14-16H2,1-4H3,(H,26,28)/t21-/m0/s1. The summed E-state index contributed by atoms with van der Waals surface area (Å²) in [6.07, 6.45) is 3.29. The highest BCUT2D eigenvalue weighted by molar-refractivity contribution is 5.86. The molecule has 0 saturated heterocycles. The van der Waals surface area contributed by atoms with E-state index in [9.17, 15) is 4.79 Å². The molecule has 4 heteroatoms. The summed E-state index contributed by atoms with van der Waals surface area (Å²) in [6, 6.07) is 17.0. The second kappa shape index (κ2) is 9.27. The molecule has 1 aromatic heterocycles. The van der Waals surface area contributed by atoms with Gasteiger partial charge in [-0.05, 0) is 34.6 Å². The van der Waals surface area contributed by atoms with Crippen LogP contribution in [0.25, 0.3) is 10.9 Å². The average molecular weight is 393 g/mol. The maximum Gasteiger partial charge on any atom is 0.220 e. The van der Waals surface area contributed by atoms with Crippen LogP contribution in [-0.4, -0.2) is 31.2 Å². The lowest BCUT2D eigenvalue weighted by Gasteiger charge is -2.22. The number of aromatic amines is 1. The van der Waals surface area contributed by atoms with E-state index in [-0.39, 0.29) is 17.2 Å². The molecule has 0 spiro atoms. The largest absolute Gasteiger partial charge is 0.385 e. The lowest BCUT2D eigenvalue weighted by atomic mass is 9.83. The third-order valence-electron chi connectivity index (χ3n) is 5.41. The minimum absolute atomic E-state index is 0.00240. The first-order valence-electron chi connectivity index (χ1n) is 10.3. The van der Waals surface area contributed by atoms with Crippen molar-refractivity contribution >= 4 is 16.8 Å². The molecule has 4 nitrogen and oxygen atoms in total. The molecule has 154 valence electrons. The second-order valence-electron chi connectivity index (χ2n) is 8.61. The number of nitrogens with one attached hydrogen (secondary N) is 2. The number of fused-ring (bicyclic) bond motifs is 1. The number of hydrogen-bond acceptors (Lipinski definition) is 2. The first kappa shape index (κ1) is 21.1. The molecule has 29 heavy (non-hydrogen) atoms. The van der Waals surface area contributed by atoms with E-state index in [4.69, 9.17) is 4.74 Å². The maximum atomic E-state index is 12.7. The zero-order valence-electron chi connectivity index (χ0n) is 17.9. The average Bonchev–Trinajstić information content (AvgIpc) is 3.13. The lowest BCUT2D eigenvalue weighted by molar-refractivity contribution is -0.121. The van der Waals surface area contributed by atoms with Crippen molar-refractivity contribution in [2.45, 2.75) is 44.9 Å². The number of benzene rings is 2. The summed E-state index contributed by atoms with van der Waals surface area (Å²) in [4.78, 5) is 16.0. The van der Waals surface area contributed by atoms with E-state index >= 15 is 0 Å². The fraction of sp³-hybridized carbons (Fsp3) is 0.400. The van der Waals surface area contributed by atoms with Crippen LogP contribution in [0.15, 0.2) is 54.7 Å². The van der Waals surface area contributed by atoms with Crippen molar-refractivity contribution in [3.05, 3.63) is 71.4 Å². The third-order valence-corrected chi connectivity index (χ3v) is 5.41. The van der Waals surface area contributed by atoms with E-state index < -0.39 is 0 Å². The van der Waals surface area contributed by atoms with Crippen LogP contribution >= 0.6 is 0 Å². The van der Waals surface area contributed by atoms with Crippen molar-refractivity contribution in [1.82, 2.24) is 10.3 Å². The smallest absolute Gasteiger partial charge is 0.220 e. The molecule has 3 rings (SSSR count). The Morgan fingerprint density at radius 3 is 2.52 bits per heavy atom. The predicted molar refractivity (Wildman–Crippen MR) is 119 cm³/mol. The SMILES string of the molecule is COCCCNC(=O)C[C@@H](c1ccc(C(C)(C)C)cc1)c1c[nH]c2ccccc12. The molecule has 0 radical (unpaired) electrons. The van der Waals surface area contributed by atoms with E-state index in [0.29, 0.717) is 19.6 Å². The fourth-order valence-electron chi connectivity index (χ4n) is 3.71. The predicted octanol–water partition coefficient (Wildman–Crippen LogP) is 5.14. The van der Waals surface area contributed by atoms with Gasteiger partial charge in [0.05, 0.1) is 0 Å². The van der Waals surface area contributed by atoms with Crippen molar-refractivity contribution in [3.63, 3.8) is 0 Å². The van der Waals surface area contributed by atoms with E-state index in [2.05, 4.69) is 67.5 Å². The molecule has 0 aliphatic carbocycles. The first-order valence-corrected chi connectivity index (χ1v) is 10.3. The van der Waals surface area contributed by atoms with Crippen molar-refractivity contribution < 1.29 is 9.53 Å². The van der Waals surface area contributed by atoms with Gasteiger partial charge < -0.3 is 15.0 Å². The highest BCUT2D eigenvalue weighted by Gasteiger charge is 2.22. The Bertz CT molecular complexity index is 935. The van der Waals surface area contributed by atoms with Crippen molar-refractivity contribution in [1.29, 1.82) is 0 Å². The molecular formula is C25H32N2O2. The summed E-state index contributed by atoms with van der Waals surface area (Å²) in [5.41, 5.74) is 4.82. The number of carbonyl (C=O) groups excluding carboxylic acids is 1. The van der Waals surface area contributed by atoms with Gasteiger partial charge in [-0.3, -0.25) is 4.79 Å².